The van der Waals surface area contributed by atoms with Crippen LogP contribution < -0.4 is 4.74 Å². The molecule has 128 valence electrons. The van der Waals surface area contributed by atoms with Gasteiger partial charge in [-0.3, -0.25) is 0 Å². The van der Waals surface area contributed by atoms with Crippen LogP contribution in [0.25, 0.3) is 0 Å². The molecule has 0 aromatic carbocycles. The van der Waals surface area contributed by atoms with Crippen molar-refractivity contribution >= 4 is 44.6 Å². The lowest BCUT2D eigenvalue weighted by Gasteiger charge is -2.33. The summed E-state index contributed by atoms with van der Waals surface area (Å²) in [5.74, 6) is 1.26. The quantitative estimate of drug-likeness (QED) is 0.457. The summed E-state index contributed by atoms with van der Waals surface area (Å²) in [4.78, 5) is 18.0. The number of likely N-dealkylation sites (tertiary alicyclic amines) is 1. The first-order chi connectivity index (χ1) is 10.7. The van der Waals surface area contributed by atoms with Crippen molar-refractivity contribution in [1.29, 1.82) is 0 Å². The third kappa shape index (κ3) is 6.10. The highest BCUT2D eigenvalue weighted by molar-refractivity contribution is 14.1. The van der Waals surface area contributed by atoms with Gasteiger partial charge in [0.25, 0.3) is 0 Å². The van der Waals surface area contributed by atoms with Crippen molar-refractivity contribution in [1.82, 2.24) is 9.88 Å². The van der Waals surface area contributed by atoms with Crippen LogP contribution in [0.3, 0.4) is 0 Å². The molecule has 23 heavy (non-hydrogen) atoms. The van der Waals surface area contributed by atoms with Crippen LogP contribution in [0.15, 0.2) is 16.9 Å². The molecule has 0 N–H and O–H groups in total. The molecule has 2 rings (SSSR count). The zero-order chi connectivity index (χ0) is 17.0. The first kappa shape index (κ1) is 18.8. The summed E-state index contributed by atoms with van der Waals surface area (Å²) in [6.45, 7) is 7.76. The van der Waals surface area contributed by atoms with E-state index in [4.69, 9.17) is 9.47 Å². The first-order valence-corrected chi connectivity index (χ1v) is 9.53. The predicted molar refractivity (Wildman–Crippen MR) is 101 cm³/mol. The Morgan fingerprint density at radius 1 is 1.43 bits per heavy atom. The van der Waals surface area contributed by atoms with Gasteiger partial charge in [0.05, 0.1) is 16.4 Å². The van der Waals surface area contributed by atoms with E-state index < -0.39 is 5.60 Å². The summed E-state index contributed by atoms with van der Waals surface area (Å²) in [6.07, 6.45) is 3.38. The number of piperidine rings is 1. The number of hydrogen-bond donors (Lipinski definition) is 0. The van der Waals surface area contributed by atoms with Crippen molar-refractivity contribution in [2.45, 2.75) is 39.2 Å². The summed E-state index contributed by atoms with van der Waals surface area (Å²) in [7, 11) is 0. The summed E-state index contributed by atoms with van der Waals surface area (Å²) < 4.78 is 13.1. The summed E-state index contributed by atoms with van der Waals surface area (Å²) in [5.41, 5.74) is -0.442. The number of amides is 1. The molecule has 0 bridgehead atoms. The molecule has 0 atom stereocenters. The SMILES string of the molecule is CC(C)(C)OC(=O)N1CCC(COc2cnc(Br)cc2I)CC1. The van der Waals surface area contributed by atoms with E-state index in [9.17, 15) is 4.79 Å². The molecule has 0 saturated carbocycles. The monoisotopic (exact) mass is 496 g/mol. The number of pyridine rings is 1. The lowest BCUT2D eigenvalue weighted by molar-refractivity contribution is 0.0164. The largest absolute Gasteiger partial charge is 0.491 e. The highest BCUT2D eigenvalue weighted by Gasteiger charge is 2.27. The van der Waals surface area contributed by atoms with Crippen LogP contribution in [-0.2, 0) is 4.74 Å². The summed E-state index contributed by atoms with van der Waals surface area (Å²) >= 11 is 5.58. The molecule has 0 spiro atoms. The molecule has 0 radical (unpaired) electrons. The number of ether oxygens (including phenoxy) is 2. The van der Waals surface area contributed by atoms with Crippen molar-refractivity contribution in [3.05, 3.63) is 20.4 Å². The van der Waals surface area contributed by atoms with Gasteiger partial charge in [-0.1, -0.05) is 0 Å². The maximum atomic E-state index is 12.0. The number of carbonyl (C=O) groups excluding carboxylic acids is 1. The number of aromatic nitrogens is 1. The minimum Gasteiger partial charge on any atom is -0.491 e. The average Bonchev–Trinajstić information content (AvgIpc) is 2.45. The van der Waals surface area contributed by atoms with E-state index in [-0.39, 0.29) is 6.09 Å². The van der Waals surface area contributed by atoms with E-state index in [1.807, 2.05) is 26.8 Å². The van der Waals surface area contributed by atoms with Gasteiger partial charge in [-0.2, -0.15) is 0 Å². The van der Waals surface area contributed by atoms with E-state index in [1.165, 1.54) is 0 Å². The molecule has 1 saturated heterocycles. The molecule has 2 heterocycles. The topological polar surface area (TPSA) is 51.7 Å². The number of halogens is 2. The van der Waals surface area contributed by atoms with Gasteiger partial charge >= 0.3 is 6.09 Å². The highest BCUT2D eigenvalue weighted by Crippen LogP contribution is 2.25. The second-order valence-corrected chi connectivity index (χ2v) is 8.63. The fourth-order valence-electron chi connectivity index (χ4n) is 2.32. The Bertz CT molecular complexity index is 555. The summed E-state index contributed by atoms with van der Waals surface area (Å²) in [6, 6.07) is 1.93. The number of carbonyl (C=O) groups is 1. The Balaban J connectivity index is 1.77. The normalized spacial score (nSPS) is 16.3. The zero-order valence-corrected chi connectivity index (χ0v) is 17.4. The first-order valence-electron chi connectivity index (χ1n) is 7.66. The second-order valence-electron chi connectivity index (χ2n) is 6.66. The molecule has 5 nitrogen and oxygen atoms in total. The van der Waals surface area contributed by atoms with E-state index in [2.05, 4.69) is 43.5 Å². The Kier molecular flexibility index (Phi) is 6.53. The fourth-order valence-corrected chi connectivity index (χ4v) is 3.67. The van der Waals surface area contributed by atoms with Crippen molar-refractivity contribution in [2.75, 3.05) is 19.7 Å². The third-order valence-corrected chi connectivity index (χ3v) is 4.80. The van der Waals surface area contributed by atoms with Crippen LogP contribution in [-0.4, -0.2) is 41.3 Å². The van der Waals surface area contributed by atoms with Crippen molar-refractivity contribution in [3.8, 4) is 5.75 Å². The van der Waals surface area contributed by atoms with Crippen LogP contribution >= 0.6 is 38.5 Å². The lowest BCUT2D eigenvalue weighted by Crippen LogP contribution is -2.42. The molecule has 1 amide bonds. The molecule has 1 aromatic rings. The van der Waals surface area contributed by atoms with Crippen LogP contribution in [0.4, 0.5) is 4.79 Å². The lowest BCUT2D eigenvalue weighted by atomic mass is 9.98. The smallest absolute Gasteiger partial charge is 0.410 e. The average molecular weight is 497 g/mol. The maximum Gasteiger partial charge on any atom is 0.410 e. The molecular weight excluding hydrogens is 475 g/mol. The molecule has 0 unspecified atom stereocenters. The molecule has 1 fully saturated rings. The van der Waals surface area contributed by atoms with Gasteiger partial charge in [0.2, 0.25) is 0 Å². The Hall–Kier alpha value is -0.570. The van der Waals surface area contributed by atoms with E-state index >= 15 is 0 Å². The van der Waals surface area contributed by atoms with Crippen molar-refractivity contribution in [3.63, 3.8) is 0 Å². The van der Waals surface area contributed by atoms with E-state index in [0.717, 1.165) is 39.9 Å². The van der Waals surface area contributed by atoms with Crippen LogP contribution in [0.5, 0.6) is 5.75 Å². The van der Waals surface area contributed by atoms with Gasteiger partial charge in [-0.15, -0.1) is 0 Å². The van der Waals surface area contributed by atoms with Crippen molar-refractivity contribution < 1.29 is 14.3 Å². The van der Waals surface area contributed by atoms with E-state index in [0.29, 0.717) is 12.5 Å². The number of rotatable bonds is 3. The second kappa shape index (κ2) is 8.00. The predicted octanol–water partition coefficient (Wildman–Crippen LogP) is 4.47. The zero-order valence-electron chi connectivity index (χ0n) is 13.6. The molecule has 1 aliphatic heterocycles. The molecular formula is C16H22BrIN2O3. The van der Waals surface area contributed by atoms with Crippen LogP contribution in [0.1, 0.15) is 33.6 Å². The fraction of sp³-hybridized carbons (Fsp3) is 0.625. The van der Waals surface area contributed by atoms with Gasteiger partial charge in [-0.05, 0) is 84.1 Å². The summed E-state index contributed by atoms with van der Waals surface area (Å²) in [5, 5.41) is 0. The Morgan fingerprint density at radius 3 is 2.65 bits per heavy atom. The molecule has 1 aromatic heterocycles. The van der Waals surface area contributed by atoms with Crippen LogP contribution in [0.2, 0.25) is 0 Å². The van der Waals surface area contributed by atoms with Gasteiger partial charge in [-0.25, -0.2) is 9.78 Å². The standard InChI is InChI=1S/C16H22BrIN2O3/c1-16(2,3)23-15(21)20-6-4-11(5-7-20)10-22-13-9-19-14(17)8-12(13)18/h8-9,11H,4-7,10H2,1-3H3. The number of nitrogens with zero attached hydrogens (tertiary/aromatic N) is 2. The van der Waals surface area contributed by atoms with Gasteiger partial charge in [0.15, 0.2) is 5.75 Å². The maximum absolute atomic E-state index is 12.0. The minimum absolute atomic E-state index is 0.219. The Labute approximate surface area is 159 Å². The molecule has 1 aliphatic rings. The third-order valence-electron chi connectivity index (χ3n) is 3.53. The van der Waals surface area contributed by atoms with Gasteiger partial charge < -0.3 is 14.4 Å². The van der Waals surface area contributed by atoms with Gasteiger partial charge in [0.1, 0.15) is 10.2 Å². The van der Waals surface area contributed by atoms with Crippen molar-refractivity contribution in [2.24, 2.45) is 5.92 Å². The number of hydrogen-bond acceptors (Lipinski definition) is 4. The van der Waals surface area contributed by atoms with Gasteiger partial charge in [0, 0.05) is 13.1 Å². The highest BCUT2D eigenvalue weighted by atomic mass is 127. The Morgan fingerprint density at radius 2 is 2.09 bits per heavy atom. The van der Waals surface area contributed by atoms with Crippen LogP contribution in [0, 0.1) is 9.49 Å². The van der Waals surface area contributed by atoms with E-state index in [1.54, 1.807) is 11.1 Å². The minimum atomic E-state index is -0.442. The molecule has 7 heteroatoms. The molecule has 0 aliphatic carbocycles.